The molecule has 2 heterocycles. The Morgan fingerprint density at radius 2 is 1.87 bits per heavy atom. The zero-order valence-corrected chi connectivity index (χ0v) is 23.8. The van der Waals surface area contributed by atoms with Gasteiger partial charge in [0.25, 0.3) is 0 Å². The van der Waals surface area contributed by atoms with Gasteiger partial charge in [0, 0.05) is 23.6 Å². The van der Waals surface area contributed by atoms with Crippen LogP contribution in [0.2, 0.25) is 5.02 Å². The van der Waals surface area contributed by atoms with Crippen LogP contribution in [0.4, 0.5) is 23.1 Å². The average Bonchev–Trinajstić information content (AvgIpc) is 3.27. The van der Waals surface area contributed by atoms with E-state index in [-0.39, 0.29) is 5.92 Å². The van der Waals surface area contributed by atoms with Gasteiger partial charge in [-0.25, -0.2) is 4.98 Å². The van der Waals surface area contributed by atoms with Crippen LogP contribution in [0.3, 0.4) is 0 Å². The maximum Gasteiger partial charge on any atom is 0.229 e. The number of fused-ring (bicyclic) bond motifs is 1. The van der Waals surface area contributed by atoms with Crippen LogP contribution in [0, 0.1) is 24.2 Å². The number of nitrogens with zero attached hydrogens (tertiary/aromatic N) is 4. The summed E-state index contributed by atoms with van der Waals surface area (Å²) >= 11 is 6.44. The highest BCUT2D eigenvalue weighted by Crippen LogP contribution is 2.39. The fourth-order valence-corrected chi connectivity index (χ4v) is 6.89. The number of likely N-dealkylation sites (tertiary alicyclic amines) is 1. The molecule has 198 valence electrons. The molecule has 38 heavy (non-hydrogen) atoms. The topological polar surface area (TPSA) is 93.9 Å². The molecule has 1 saturated heterocycles. The van der Waals surface area contributed by atoms with Gasteiger partial charge in [-0.3, -0.25) is 4.90 Å². The van der Waals surface area contributed by atoms with Crippen molar-refractivity contribution in [3.63, 3.8) is 0 Å². The number of rotatable bonds is 6. The van der Waals surface area contributed by atoms with Crippen molar-refractivity contribution in [1.82, 2.24) is 14.9 Å². The summed E-state index contributed by atoms with van der Waals surface area (Å²) < 4.78 is 12.9. The number of hydrogen-bond acceptors (Lipinski definition) is 7. The Labute approximate surface area is 230 Å². The summed E-state index contributed by atoms with van der Waals surface area (Å²) in [4.78, 5) is 11.5. The number of nitriles is 1. The second-order valence-electron chi connectivity index (χ2n) is 10.8. The molecule has 1 unspecified atom stereocenters. The van der Waals surface area contributed by atoms with E-state index < -0.39 is 7.14 Å². The Morgan fingerprint density at radius 3 is 2.61 bits per heavy atom. The molecule has 3 aromatic rings. The van der Waals surface area contributed by atoms with E-state index in [1.165, 1.54) is 11.1 Å². The lowest BCUT2D eigenvalue weighted by Gasteiger charge is -2.26. The van der Waals surface area contributed by atoms with Gasteiger partial charge in [0.2, 0.25) is 5.95 Å². The van der Waals surface area contributed by atoms with Crippen molar-refractivity contribution >= 4 is 47.2 Å². The third kappa shape index (κ3) is 6.04. The van der Waals surface area contributed by atoms with Gasteiger partial charge in [0.1, 0.15) is 12.2 Å². The Hall–Kier alpha value is -2.91. The molecule has 0 radical (unpaired) electrons. The minimum absolute atomic E-state index is 0.182. The molecule has 2 aliphatic rings. The monoisotopic (exact) mass is 548 g/mol. The summed E-state index contributed by atoms with van der Waals surface area (Å²) in [5.41, 5.74) is 5.46. The van der Waals surface area contributed by atoms with Crippen molar-refractivity contribution in [2.45, 2.75) is 45.1 Å². The average molecular weight is 549 g/mol. The highest BCUT2D eigenvalue weighted by Gasteiger charge is 2.29. The van der Waals surface area contributed by atoms with Crippen molar-refractivity contribution in [3.8, 4) is 6.07 Å². The number of aryl methyl sites for hydroxylation is 3. The van der Waals surface area contributed by atoms with Crippen molar-refractivity contribution < 1.29 is 4.57 Å². The van der Waals surface area contributed by atoms with E-state index in [1.54, 1.807) is 19.5 Å². The Kier molecular flexibility index (Phi) is 7.77. The molecule has 1 aromatic heterocycles. The number of anilines is 4. The molecule has 2 aromatic carbocycles. The van der Waals surface area contributed by atoms with E-state index in [1.807, 2.05) is 25.1 Å². The van der Waals surface area contributed by atoms with Gasteiger partial charge in [-0.1, -0.05) is 29.3 Å². The first-order valence-electron chi connectivity index (χ1n) is 13.2. The minimum Gasteiger partial charge on any atom is -0.338 e. The largest absolute Gasteiger partial charge is 0.338 e. The predicted octanol–water partition coefficient (Wildman–Crippen LogP) is 6.27. The van der Waals surface area contributed by atoms with Crippen molar-refractivity contribution in [3.05, 3.63) is 64.3 Å². The van der Waals surface area contributed by atoms with E-state index in [0.717, 1.165) is 67.4 Å². The van der Waals surface area contributed by atoms with Crippen LogP contribution in [0.1, 0.15) is 36.0 Å². The second kappa shape index (κ2) is 11.1. The molecule has 2 atom stereocenters. The summed E-state index contributed by atoms with van der Waals surface area (Å²) in [6.07, 6.45) is 6.88. The molecule has 5 rings (SSSR count). The van der Waals surface area contributed by atoms with Gasteiger partial charge in [-0.05, 0) is 94.3 Å². The normalized spacial score (nSPS) is 19.9. The molecule has 7 nitrogen and oxygen atoms in total. The number of halogens is 1. The SMILES string of the molecule is Cc1ccc(Nc2nc(Nc3ccc4c(c3)CCC(N3CC[C@@H](C#N)C3)CC4)ncc2Cl)c(P(C)(C)=O)c1. The Bertz CT molecular complexity index is 1430. The summed E-state index contributed by atoms with van der Waals surface area (Å²) in [5.74, 6) is 1.08. The quantitative estimate of drug-likeness (QED) is 0.277. The molecule has 0 spiro atoms. The first-order valence-corrected chi connectivity index (χ1v) is 16.2. The van der Waals surface area contributed by atoms with Crippen LogP contribution in [-0.2, 0) is 17.4 Å². The van der Waals surface area contributed by atoms with Gasteiger partial charge < -0.3 is 15.2 Å². The van der Waals surface area contributed by atoms with Crippen molar-refractivity contribution in [1.29, 1.82) is 5.26 Å². The summed E-state index contributed by atoms with van der Waals surface area (Å²) in [7, 11) is -2.51. The molecule has 0 saturated carbocycles. The standard InChI is InChI=1S/C29H34ClN6OP/c1-19-4-11-26(27(14-19)38(2,3)37)34-28-25(30)17-32-29(35-28)33-23-8-5-21-6-9-24(10-7-22(21)15-23)36-13-12-20(16-31)18-36/h4-5,8,11,14-15,17,20,24H,6-7,9-10,12-13,18H2,1-3H3,(H2,32,33,34,35)/t20-,24?/m0/s1. The van der Waals surface area contributed by atoms with Crippen LogP contribution in [-0.4, -0.2) is 47.3 Å². The molecule has 1 aliphatic carbocycles. The lowest BCUT2D eigenvalue weighted by atomic mass is 10.0. The van der Waals surface area contributed by atoms with Crippen LogP contribution in [0.5, 0.6) is 0 Å². The molecule has 1 fully saturated rings. The van der Waals surface area contributed by atoms with E-state index in [4.69, 9.17) is 11.6 Å². The number of benzene rings is 2. The van der Waals surface area contributed by atoms with Crippen LogP contribution in [0.15, 0.2) is 42.6 Å². The molecular weight excluding hydrogens is 515 g/mol. The smallest absolute Gasteiger partial charge is 0.229 e. The van der Waals surface area contributed by atoms with Gasteiger partial charge in [-0.15, -0.1) is 0 Å². The van der Waals surface area contributed by atoms with E-state index >= 15 is 0 Å². The number of aromatic nitrogens is 2. The highest BCUT2D eigenvalue weighted by atomic mass is 35.5. The number of nitrogens with one attached hydrogen (secondary N) is 2. The van der Waals surface area contributed by atoms with Crippen molar-refractivity contribution in [2.75, 3.05) is 37.1 Å². The molecule has 0 bridgehead atoms. The Balaban J connectivity index is 1.31. The second-order valence-corrected chi connectivity index (χ2v) is 14.4. The van der Waals surface area contributed by atoms with Crippen LogP contribution < -0.4 is 15.9 Å². The molecule has 0 amide bonds. The first-order chi connectivity index (χ1) is 18.2. The van der Waals surface area contributed by atoms with Gasteiger partial charge >= 0.3 is 0 Å². The lowest BCUT2D eigenvalue weighted by Crippen LogP contribution is -2.33. The molecule has 9 heteroatoms. The third-order valence-corrected chi connectivity index (χ3v) is 9.41. The third-order valence-electron chi connectivity index (χ3n) is 7.61. The maximum atomic E-state index is 12.9. The summed E-state index contributed by atoms with van der Waals surface area (Å²) in [6.45, 7) is 7.45. The van der Waals surface area contributed by atoms with Gasteiger partial charge in [-0.2, -0.15) is 10.2 Å². The first kappa shape index (κ1) is 26.7. The van der Waals surface area contributed by atoms with Crippen molar-refractivity contribution in [2.24, 2.45) is 5.92 Å². The maximum absolute atomic E-state index is 12.9. The summed E-state index contributed by atoms with van der Waals surface area (Å²) in [5, 5.41) is 17.0. The Morgan fingerprint density at radius 1 is 1.08 bits per heavy atom. The molecular formula is C29H34ClN6OP. The number of hydrogen-bond donors (Lipinski definition) is 2. The summed E-state index contributed by atoms with van der Waals surface area (Å²) in [6, 6.07) is 15.3. The highest BCUT2D eigenvalue weighted by molar-refractivity contribution is 7.70. The predicted molar refractivity (Wildman–Crippen MR) is 156 cm³/mol. The minimum atomic E-state index is -2.51. The van der Waals surface area contributed by atoms with Gasteiger partial charge in [0.05, 0.1) is 23.9 Å². The van der Waals surface area contributed by atoms with Crippen LogP contribution >= 0.6 is 18.7 Å². The fourth-order valence-electron chi connectivity index (χ4n) is 5.52. The van der Waals surface area contributed by atoms with E-state index in [2.05, 4.69) is 49.8 Å². The zero-order valence-electron chi connectivity index (χ0n) is 22.2. The van der Waals surface area contributed by atoms with E-state index in [9.17, 15) is 9.83 Å². The zero-order chi connectivity index (χ0) is 26.9. The lowest BCUT2D eigenvalue weighted by molar-refractivity contribution is 0.218. The van der Waals surface area contributed by atoms with E-state index in [0.29, 0.717) is 22.8 Å². The molecule has 1 aliphatic heterocycles. The molecule has 2 N–H and O–H groups in total. The van der Waals surface area contributed by atoms with Crippen LogP contribution in [0.25, 0.3) is 0 Å². The van der Waals surface area contributed by atoms with Gasteiger partial charge in [0.15, 0.2) is 5.82 Å². The fraction of sp³-hybridized carbons (Fsp3) is 0.414.